The van der Waals surface area contributed by atoms with Crippen molar-refractivity contribution < 1.29 is 11.3 Å². The highest BCUT2D eigenvalue weighted by Crippen LogP contribution is 2.31. The fourth-order valence-electron chi connectivity index (χ4n) is 3.89. The van der Waals surface area contributed by atoms with Gasteiger partial charge >= 0.3 is 6.03 Å². The maximum absolute atomic E-state index is 12.8. The first kappa shape index (κ1) is 28.7. The first-order valence-electron chi connectivity index (χ1n) is 12.7. The lowest BCUT2D eigenvalue weighted by Crippen LogP contribution is -2.52. The molecule has 0 radical (unpaired) electrons. The van der Waals surface area contributed by atoms with Gasteiger partial charge in [0.2, 0.25) is 0 Å². The number of aliphatic hydroxyl groups is 1. The second-order valence-corrected chi connectivity index (χ2v) is 8.43. The molecular formula is C28H47N3O2. The SMILES string of the molecule is C=CCC1CCN(C(=O)N2CCC2)C1Cc1cccc(C#CC2CC2)n1.CC.CCC.CO.[HH]. The van der Waals surface area contributed by atoms with Crippen molar-refractivity contribution in [3.8, 4) is 11.8 Å². The lowest BCUT2D eigenvalue weighted by molar-refractivity contribution is 0.118. The predicted molar refractivity (Wildman–Crippen MR) is 140 cm³/mol. The molecule has 2 aliphatic heterocycles. The number of nitrogens with zero attached hydrogens (tertiary/aromatic N) is 3. The maximum atomic E-state index is 12.8. The minimum absolute atomic E-state index is 0. The highest BCUT2D eigenvalue weighted by molar-refractivity contribution is 5.76. The van der Waals surface area contributed by atoms with Gasteiger partial charge in [0.1, 0.15) is 5.69 Å². The Balaban J connectivity index is 0.00000124. The Kier molecular flexibility index (Phi) is 14.2. The molecule has 4 rings (SSSR count). The molecular weight excluding hydrogens is 410 g/mol. The van der Waals surface area contributed by atoms with Crippen LogP contribution in [0.4, 0.5) is 4.79 Å². The van der Waals surface area contributed by atoms with E-state index in [1.165, 1.54) is 19.3 Å². The number of aromatic nitrogens is 1. The van der Waals surface area contributed by atoms with E-state index in [9.17, 15) is 4.79 Å². The number of rotatable bonds is 4. The maximum Gasteiger partial charge on any atom is 0.320 e. The van der Waals surface area contributed by atoms with Gasteiger partial charge in [0.25, 0.3) is 0 Å². The standard InChI is InChI=1S/C22H27N3O.C3H8.C2H6.CH4O.H2/c1-2-5-18-12-15-25(22(26)24-13-4-14-24)21(18)16-20-7-3-6-19(23-20)11-10-17-8-9-17;1-3-2;2*1-2;/h2-3,6-7,17-18,21H,1,4-5,8-9,12-16H2;3H2,1-2H3;1-2H3;2H,1H3;1H. The van der Waals surface area contributed by atoms with Gasteiger partial charge in [-0.2, -0.15) is 0 Å². The molecule has 5 heteroatoms. The Hall–Kier alpha value is -2.32. The summed E-state index contributed by atoms with van der Waals surface area (Å²) in [6, 6.07) is 6.51. The Morgan fingerprint density at radius 1 is 1.21 bits per heavy atom. The summed E-state index contributed by atoms with van der Waals surface area (Å²) >= 11 is 0. The molecule has 1 aliphatic carbocycles. The van der Waals surface area contributed by atoms with E-state index < -0.39 is 0 Å². The van der Waals surface area contributed by atoms with Crippen LogP contribution in [-0.4, -0.2) is 58.7 Å². The summed E-state index contributed by atoms with van der Waals surface area (Å²) < 4.78 is 0. The fraction of sp³-hybridized carbons (Fsp3) is 0.643. The molecule has 0 aromatic carbocycles. The lowest BCUT2D eigenvalue weighted by Gasteiger charge is -2.37. The average molecular weight is 458 g/mol. The van der Waals surface area contributed by atoms with Gasteiger partial charge in [-0.3, -0.25) is 0 Å². The zero-order chi connectivity index (χ0) is 24.6. The third-order valence-corrected chi connectivity index (χ3v) is 5.73. The summed E-state index contributed by atoms with van der Waals surface area (Å²) in [5.41, 5.74) is 1.89. The van der Waals surface area contributed by atoms with Crippen LogP contribution >= 0.6 is 0 Å². The number of aliphatic hydroxyl groups excluding tert-OH is 1. The lowest BCUT2D eigenvalue weighted by atomic mass is 9.93. The van der Waals surface area contributed by atoms with E-state index in [1.807, 2.05) is 37.0 Å². The Morgan fingerprint density at radius 3 is 2.42 bits per heavy atom. The summed E-state index contributed by atoms with van der Waals surface area (Å²) in [7, 11) is 1.00. The normalized spacial score (nSPS) is 20.3. The Labute approximate surface area is 203 Å². The second kappa shape index (κ2) is 16.3. The number of carbonyl (C=O) groups is 1. The predicted octanol–water partition coefficient (Wildman–Crippen LogP) is 5.77. The number of urea groups is 1. The van der Waals surface area contributed by atoms with Crippen LogP contribution in [0, 0.1) is 23.7 Å². The van der Waals surface area contributed by atoms with Gasteiger partial charge in [0.15, 0.2) is 0 Å². The third kappa shape index (κ3) is 9.21. The summed E-state index contributed by atoms with van der Waals surface area (Å²) in [6.45, 7) is 14.8. The van der Waals surface area contributed by atoms with Crippen LogP contribution in [0.2, 0.25) is 0 Å². The van der Waals surface area contributed by atoms with Crippen molar-refractivity contribution >= 4 is 6.03 Å². The number of allylic oxidation sites excluding steroid dienone is 1. The fourth-order valence-corrected chi connectivity index (χ4v) is 3.89. The number of carbonyl (C=O) groups excluding carboxylic acids is 1. The topological polar surface area (TPSA) is 56.7 Å². The van der Waals surface area contributed by atoms with Gasteiger partial charge in [-0.15, -0.1) is 6.58 Å². The van der Waals surface area contributed by atoms with Gasteiger partial charge in [0, 0.05) is 52.2 Å². The highest BCUT2D eigenvalue weighted by Gasteiger charge is 2.39. The Bertz CT molecular complexity index is 766. The molecule has 1 aromatic heterocycles. The van der Waals surface area contributed by atoms with Crippen molar-refractivity contribution in [1.29, 1.82) is 0 Å². The largest absolute Gasteiger partial charge is 0.400 e. The number of amides is 2. The summed E-state index contributed by atoms with van der Waals surface area (Å²) in [6.07, 6.45) is 9.63. The minimum atomic E-state index is 0. The molecule has 1 N–H and O–H groups in total. The van der Waals surface area contributed by atoms with Crippen molar-refractivity contribution in [3.63, 3.8) is 0 Å². The first-order valence-corrected chi connectivity index (χ1v) is 12.7. The van der Waals surface area contributed by atoms with Crippen molar-refractivity contribution in [3.05, 3.63) is 42.2 Å². The van der Waals surface area contributed by atoms with Crippen LogP contribution in [0.5, 0.6) is 0 Å². The quantitative estimate of drug-likeness (QED) is 0.461. The monoisotopic (exact) mass is 457 g/mol. The molecule has 5 nitrogen and oxygen atoms in total. The van der Waals surface area contributed by atoms with Gasteiger partial charge in [-0.25, -0.2) is 9.78 Å². The zero-order valence-corrected chi connectivity index (χ0v) is 21.5. The van der Waals surface area contributed by atoms with Crippen LogP contribution in [0.15, 0.2) is 30.9 Å². The molecule has 33 heavy (non-hydrogen) atoms. The highest BCUT2D eigenvalue weighted by atomic mass is 16.2. The van der Waals surface area contributed by atoms with E-state index >= 15 is 0 Å². The molecule has 186 valence electrons. The van der Waals surface area contributed by atoms with E-state index in [0.717, 1.165) is 63.8 Å². The smallest absolute Gasteiger partial charge is 0.320 e. The van der Waals surface area contributed by atoms with Crippen molar-refractivity contribution in [2.45, 2.75) is 78.7 Å². The van der Waals surface area contributed by atoms with Gasteiger partial charge < -0.3 is 14.9 Å². The van der Waals surface area contributed by atoms with Crippen LogP contribution < -0.4 is 0 Å². The molecule has 0 bridgehead atoms. The zero-order valence-electron chi connectivity index (χ0n) is 21.5. The van der Waals surface area contributed by atoms with Crippen LogP contribution in [0.1, 0.15) is 79.0 Å². The molecule has 1 aromatic rings. The average Bonchev–Trinajstić information content (AvgIpc) is 3.56. The third-order valence-electron chi connectivity index (χ3n) is 5.73. The number of hydrogen-bond acceptors (Lipinski definition) is 3. The molecule has 2 atom stereocenters. The van der Waals surface area contributed by atoms with Crippen molar-refractivity contribution in [2.24, 2.45) is 11.8 Å². The molecule has 0 spiro atoms. The van der Waals surface area contributed by atoms with E-state index in [4.69, 9.17) is 10.1 Å². The minimum Gasteiger partial charge on any atom is -0.400 e. The van der Waals surface area contributed by atoms with Gasteiger partial charge in [-0.1, -0.05) is 52.2 Å². The molecule has 2 amide bonds. The van der Waals surface area contributed by atoms with E-state index in [-0.39, 0.29) is 13.5 Å². The molecule has 2 saturated heterocycles. The van der Waals surface area contributed by atoms with Gasteiger partial charge in [-0.05, 0) is 56.1 Å². The Morgan fingerprint density at radius 2 is 1.88 bits per heavy atom. The second-order valence-electron chi connectivity index (χ2n) is 8.43. The molecule has 3 heterocycles. The molecule has 2 unspecified atom stereocenters. The van der Waals surface area contributed by atoms with E-state index in [2.05, 4.69) is 43.2 Å². The van der Waals surface area contributed by atoms with Crippen LogP contribution in [-0.2, 0) is 6.42 Å². The molecule has 3 aliphatic rings. The van der Waals surface area contributed by atoms with Crippen molar-refractivity contribution in [2.75, 3.05) is 26.7 Å². The van der Waals surface area contributed by atoms with E-state index in [0.29, 0.717) is 11.8 Å². The van der Waals surface area contributed by atoms with Crippen LogP contribution in [0.25, 0.3) is 0 Å². The number of hydrogen-bond donors (Lipinski definition) is 1. The molecule has 3 fully saturated rings. The summed E-state index contributed by atoms with van der Waals surface area (Å²) in [4.78, 5) is 21.6. The van der Waals surface area contributed by atoms with Crippen LogP contribution in [0.3, 0.4) is 0 Å². The van der Waals surface area contributed by atoms with E-state index in [1.54, 1.807) is 0 Å². The first-order chi connectivity index (χ1) is 16.2. The number of pyridine rings is 1. The number of likely N-dealkylation sites (tertiary alicyclic amines) is 2. The van der Waals surface area contributed by atoms with Crippen molar-refractivity contribution in [1.82, 2.24) is 14.8 Å². The summed E-state index contributed by atoms with van der Waals surface area (Å²) in [5.74, 6) is 7.55. The summed E-state index contributed by atoms with van der Waals surface area (Å²) in [5, 5.41) is 7.00. The van der Waals surface area contributed by atoms with Gasteiger partial charge in [0.05, 0.1) is 0 Å². The molecule has 1 saturated carbocycles.